The maximum absolute atomic E-state index is 12.3. The summed E-state index contributed by atoms with van der Waals surface area (Å²) in [6.45, 7) is 2.34. The highest BCUT2D eigenvalue weighted by Crippen LogP contribution is 2.34. The van der Waals surface area contributed by atoms with E-state index in [1.807, 2.05) is 23.1 Å². The third-order valence-electron chi connectivity index (χ3n) is 5.79. The van der Waals surface area contributed by atoms with Crippen LogP contribution in [0.25, 0.3) is 0 Å². The van der Waals surface area contributed by atoms with Gasteiger partial charge < -0.3 is 14.2 Å². The van der Waals surface area contributed by atoms with Crippen molar-refractivity contribution < 1.29 is 19.0 Å². The molecule has 1 aromatic rings. The van der Waals surface area contributed by atoms with Gasteiger partial charge in [-0.3, -0.25) is 9.80 Å². The monoisotopic (exact) mass is 346 g/mol. The number of hydrogen-bond donors (Lipinski definition) is 0. The number of carbonyl (C=O) groups excluding carboxylic acids is 1. The van der Waals surface area contributed by atoms with E-state index in [4.69, 9.17) is 14.2 Å². The molecule has 1 aromatic carbocycles. The number of hydrogen-bond acceptors (Lipinski definition) is 5. The lowest BCUT2D eigenvalue weighted by atomic mass is 10.1. The van der Waals surface area contributed by atoms with Crippen LogP contribution in [-0.4, -0.2) is 61.4 Å². The van der Waals surface area contributed by atoms with Gasteiger partial charge in [0.05, 0.1) is 20.3 Å². The number of carbonyl (C=O) groups is 1. The summed E-state index contributed by atoms with van der Waals surface area (Å²) >= 11 is 0. The van der Waals surface area contributed by atoms with Crippen LogP contribution >= 0.6 is 0 Å². The van der Waals surface area contributed by atoms with Crippen LogP contribution in [0.2, 0.25) is 0 Å². The molecule has 3 aliphatic rings. The zero-order valence-corrected chi connectivity index (χ0v) is 14.9. The number of amides is 1. The number of nitrogens with zero attached hydrogens (tertiary/aromatic N) is 2. The summed E-state index contributed by atoms with van der Waals surface area (Å²) in [5.74, 6) is 1.38. The lowest BCUT2D eigenvalue weighted by Gasteiger charge is -2.26. The Bertz CT molecular complexity index is 644. The van der Waals surface area contributed by atoms with Crippen LogP contribution in [0.3, 0.4) is 0 Å². The van der Waals surface area contributed by atoms with E-state index in [2.05, 4.69) is 4.90 Å². The second kappa shape index (κ2) is 6.75. The van der Waals surface area contributed by atoms with Crippen molar-refractivity contribution in [2.24, 2.45) is 0 Å². The molecule has 6 nitrogen and oxygen atoms in total. The highest BCUT2D eigenvalue weighted by atomic mass is 16.6. The van der Waals surface area contributed by atoms with Gasteiger partial charge in [-0.1, -0.05) is 18.9 Å². The van der Waals surface area contributed by atoms with Crippen molar-refractivity contribution >= 4 is 6.09 Å². The first-order valence-electron chi connectivity index (χ1n) is 9.12. The predicted molar refractivity (Wildman–Crippen MR) is 93.0 cm³/mol. The van der Waals surface area contributed by atoms with Crippen LogP contribution in [0.5, 0.6) is 11.5 Å². The van der Waals surface area contributed by atoms with Crippen LogP contribution in [0.1, 0.15) is 31.2 Å². The summed E-state index contributed by atoms with van der Waals surface area (Å²) in [6, 6.07) is 6.62. The Morgan fingerprint density at radius 3 is 2.60 bits per heavy atom. The third kappa shape index (κ3) is 3.03. The molecule has 0 spiro atoms. The lowest BCUT2D eigenvalue weighted by Crippen LogP contribution is -2.39. The van der Waals surface area contributed by atoms with Gasteiger partial charge in [0, 0.05) is 25.7 Å². The Kier molecular flexibility index (Phi) is 4.46. The van der Waals surface area contributed by atoms with Crippen LogP contribution < -0.4 is 9.47 Å². The SMILES string of the molecule is COc1ccc(CN2C(=O)O[C@H]3CN(C4CCCC4)C[C@H]32)cc1OC. The molecule has 3 fully saturated rings. The first-order chi connectivity index (χ1) is 12.2. The van der Waals surface area contributed by atoms with Crippen molar-refractivity contribution in [2.75, 3.05) is 27.3 Å². The first kappa shape index (κ1) is 16.5. The zero-order valence-electron chi connectivity index (χ0n) is 14.9. The Hall–Kier alpha value is -1.95. The van der Waals surface area contributed by atoms with E-state index >= 15 is 0 Å². The third-order valence-corrected chi connectivity index (χ3v) is 5.79. The molecule has 2 atom stereocenters. The number of methoxy groups -OCH3 is 2. The van der Waals surface area contributed by atoms with Crippen molar-refractivity contribution in [3.8, 4) is 11.5 Å². The van der Waals surface area contributed by atoms with Gasteiger partial charge >= 0.3 is 6.09 Å². The zero-order chi connectivity index (χ0) is 17.4. The average molecular weight is 346 g/mol. The van der Waals surface area contributed by atoms with E-state index < -0.39 is 0 Å². The minimum Gasteiger partial charge on any atom is -0.493 e. The van der Waals surface area contributed by atoms with Crippen molar-refractivity contribution in [2.45, 2.75) is 50.4 Å². The Morgan fingerprint density at radius 2 is 1.88 bits per heavy atom. The second-order valence-electron chi connectivity index (χ2n) is 7.20. The average Bonchev–Trinajstić information content (AvgIpc) is 3.33. The molecule has 1 amide bonds. The number of benzene rings is 1. The summed E-state index contributed by atoms with van der Waals surface area (Å²) in [5.41, 5.74) is 1.02. The van der Waals surface area contributed by atoms with E-state index in [0.29, 0.717) is 24.1 Å². The Labute approximate surface area is 148 Å². The fourth-order valence-corrected chi connectivity index (χ4v) is 4.46. The van der Waals surface area contributed by atoms with Crippen molar-refractivity contribution in [3.63, 3.8) is 0 Å². The van der Waals surface area contributed by atoms with E-state index in [1.54, 1.807) is 14.2 Å². The summed E-state index contributed by atoms with van der Waals surface area (Å²) < 4.78 is 16.3. The molecule has 0 bridgehead atoms. The van der Waals surface area contributed by atoms with Gasteiger partial charge in [0.15, 0.2) is 11.5 Å². The first-order valence-corrected chi connectivity index (χ1v) is 9.12. The summed E-state index contributed by atoms with van der Waals surface area (Å²) in [6.07, 6.45) is 5.02. The fraction of sp³-hybridized carbons (Fsp3) is 0.632. The van der Waals surface area contributed by atoms with Crippen LogP contribution in [0.15, 0.2) is 18.2 Å². The van der Waals surface area contributed by atoms with Crippen molar-refractivity contribution in [3.05, 3.63) is 23.8 Å². The maximum Gasteiger partial charge on any atom is 0.410 e. The van der Waals surface area contributed by atoms with Crippen molar-refractivity contribution in [1.82, 2.24) is 9.80 Å². The van der Waals surface area contributed by atoms with Gasteiger partial charge in [-0.05, 0) is 30.5 Å². The van der Waals surface area contributed by atoms with E-state index in [-0.39, 0.29) is 18.2 Å². The molecule has 1 saturated carbocycles. The van der Waals surface area contributed by atoms with E-state index in [0.717, 1.165) is 18.7 Å². The molecule has 4 rings (SSSR count). The smallest absolute Gasteiger partial charge is 0.410 e. The number of rotatable bonds is 5. The largest absolute Gasteiger partial charge is 0.493 e. The van der Waals surface area contributed by atoms with Gasteiger partial charge in [0.25, 0.3) is 0 Å². The molecule has 0 unspecified atom stereocenters. The van der Waals surface area contributed by atoms with Crippen LogP contribution in [0, 0.1) is 0 Å². The predicted octanol–water partition coefficient (Wildman–Crippen LogP) is 2.65. The van der Waals surface area contributed by atoms with Gasteiger partial charge in [-0.15, -0.1) is 0 Å². The lowest BCUT2D eigenvalue weighted by molar-refractivity contribution is 0.111. The second-order valence-corrected chi connectivity index (χ2v) is 7.20. The molecule has 0 aromatic heterocycles. The Balaban J connectivity index is 1.47. The standard InChI is InChI=1S/C19H26N2O4/c1-23-16-8-7-13(9-17(16)24-2)10-21-15-11-20(14-5-3-4-6-14)12-18(15)25-19(21)22/h7-9,14-15,18H,3-6,10-12H2,1-2H3/t15-,18+/m1/s1. The topological polar surface area (TPSA) is 51.2 Å². The van der Waals surface area contributed by atoms with Gasteiger partial charge in [-0.25, -0.2) is 4.79 Å². The molecule has 2 saturated heterocycles. The van der Waals surface area contributed by atoms with Crippen LogP contribution in [-0.2, 0) is 11.3 Å². The molecule has 136 valence electrons. The summed E-state index contributed by atoms with van der Waals surface area (Å²) in [4.78, 5) is 16.7. The number of ether oxygens (including phenoxy) is 3. The molecule has 0 radical (unpaired) electrons. The highest BCUT2D eigenvalue weighted by molar-refractivity contribution is 5.71. The molecule has 2 heterocycles. The highest BCUT2D eigenvalue weighted by Gasteiger charge is 2.49. The van der Waals surface area contributed by atoms with E-state index in [9.17, 15) is 4.79 Å². The quantitative estimate of drug-likeness (QED) is 0.820. The minimum absolute atomic E-state index is 0.00763. The van der Waals surface area contributed by atoms with E-state index in [1.165, 1.54) is 25.7 Å². The van der Waals surface area contributed by atoms with Gasteiger partial charge in [0.2, 0.25) is 0 Å². The molecular formula is C19H26N2O4. The number of likely N-dealkylation sites (tertiary alicyclic amines) is 1. The van der Waals surface area contributed by atoms with Gasteiger partial charge in [0.1, 0.15) is 6.10 Å². The van der Waals surface area contributed by atoms with Crippen LogP contribution in [0.4, 0.5) is 4.79 Å². The molecule has 6 heteroatoms. The molecule has 25 heavy (non-hydrogen) atoms. The normalized spacial score (nSPS) is 26.8. The number of fused-ring (bicyclic) bond motifs is 1. The molecule has 0 N–H and O–H groups in total. The summed E-state index contributed by atoms with van der Waals surface area (Å²) in [5, 5.41) is 0. The fourth-order valence-electron chi connectivity index (χ4n) is 4.46. The molecule has 2 aliphatic heterocycles. The molecular weight excluding hydrogens is 320 g/mol. The maximum atomic E-state index is 12.3. The minimum atomic E-state index is -0.198. The van der Waals surface area contributed by atoms with Crippen molar-refractivity contribution in [1.29, 1.82) is 0 Å². The van der Waals surface area contributed by atoms with Gasteiger partial charge in [-0.2, -0.15) is 0 Å². The molecule has 1 aliphatic carbocycles. The Morgan fingerprint density at radius 1 is 1.12 bits per heavy atom. The summed E-state index contributed by atoms with van der Waals surface area (Å²) in [7, 11) is 3.24.